The van der Waals surface area contributed by atoms with Crippen molar-refractivity contribution in [1.82, 2.24) is 9.78 Å². The predicted molar refractivity (Wildman–Crippen MR) is 68.4 cm³/mol. The molecule has 3 nitrogen and oxygen atoms in total. The zero-order valence-electron chi connectivity index (χ0n) is 10.1. The lowest BCUT2D eigenvalue weighted by Crippen LogP contribution is -2.07. The van der Waals surface area contributed by atoms with Gasteiger partial charge < -0.3 is 4.74 Å². The van der Waals surface area contributed by atoms with E-state index >= 15 is 0 Å². The number of rotatable bonds is 5. The Balaban J connectivity index is 2.00. The minimum absolute atomic E-state index is 0.235. The number of benzene rings is 1. The van der Waals surface area contributed by atoms with E-state index in [-0.39, 0.29) is 17.4 Å². The molecule has 2 aromatic rings. The molecule has 0 saturated carbocycles. The van der Waals surface area contributed by atoms with Crippen LogP contribution in [0.25, 0.3) is 0 Å². The minimum atomic E-state index is -0.377. The van der Waals surface area contributed by atoms with Crippen molar-refractivity contribution in [3.05, 3.63) is 47.5 Å². The van der Waals surface area contributed by atoms with E-state index in [1.807, 2.05) is 13.1 Å². The van der Waals surface area contributed by atoms with E-state index in [1.165, 1.54) is 6.07 Å². The van der Waals surface area contributed by atoms with Crippen LogP contribution in [0.5, 0.6) is 5.75 Å². The predicted octanol–water partition coefficient (Wildman–Crippen LogP) is 2.92. The zero-order chi connectivity index (χ0) is 13.0. The van der Waals surface area contributed by atoms with Gasteiger partial charge in [-0.1, -0.05) is 12.1 Å². The molecule has 0 saturated heterocycles. The molecule has 18 heavy (non-hydrogen) atoms. The van der Waals surface area contributed by atoms with Crippen LogP contribution in [0.2, 0.25) is 0 Å². The molecule has 0 aliphatic heterocycles. The molecular weight excluding hydrogens is 255 g/mol. The molecule has 0 aliphatic rings. The van der Waals surface area contributed by atoms with Crippen LogP contribution < -0.4 is 4.74 Å². The van der Waals surface area contributed by atoms with Gasteiger partial charge in [-0.05, 0) is 12.1 Å². The first kappa shape index (κ1) is 12.9. The van der Waals surface area contributed by atoms with Crippen LogP contribution in [0.1, 0.15) is 11.3 Å². The topological polar surface area (TPSA) is 27.1 Å². The molecule has 0 amide bonds. The van der Waals surface area contributed by atoms with Crippen molar-refractivity contribution in [2.75, 3.05) is 6.61 Å². The van der Waals surface area contributed by atoms with Gasteiger partial charge >= 0.3 is 0 Å². The van der Waals surface area contributed by atoms with Crippen molar-refractivity contribution in [3.63, 3.8) is 0 Å². The van der Waals surface area contributed by atoms with Crippen LogP contribution in [-0.2, 0) is 19.3 Å². The Morgan fingerprint density at radius 3 is 2.89 bits per heavy atom. The molecule has 0 fully saturated rings. The van der Waals surface area contributed by atoms with Crippen LogP contribution in [-0.4, -0.2) is 16.4 Å². The number of para-hydroxylation sites is 1. The van der Waals surface area contributed by atoms with Crippen molar-refractivity contribution in [3.8, 4) is 5.75 Å². The summed E-state index contributed by atoms with van der Waals surface area (Å²) in [6, 6.07) is 6.67. The van der Waals surface area contributed by atoms with E-state index in [1.54, 1.807) is 23.0 Å². The van der Waals surface area contributed by atoms with Crippen LogP contribution >= 0.6 is 11.6 Å². The zero-order valence-corrected chi connectivity index (χ0v) is 10.8. The first-order valence-electron chi connectivity index (χ1n) is 5.65. The number of aromatic nitrogens is 2. The van der Waals surface area contributed by atoms with Gasteiger partial charge in [0.1, 0.15) is 0 Å². The third-order valence-electron chi connectivity index (χ3n) is 2.72. The fourth-order valence-corrected chi connectivity index (χ4v) is 1.94. The summed E-state index contributed by atoms with van der Waals surface area (Å²) in [5.41, 5.74) is 1.71. The van der Waals surface area contributed by atoms with Crippen molar-refractivity contribution < 1.29 is 9.13 Å². The second-order valence-electron chi connectivity index (χ2n) is 3.91. The van der Waals surface area contributed by atoms with E-state index in [0.29, 0.717) is 18.6 Å². The molecule has 5 heteroatoms. The number of aryl methyl sites for hydroxylation is 1. The summed E-state index contributed by atoms with van der Waals surface area (Å²) >= 11 is 5.75. The number of hydrogen-bond acceptors (Lipinski definition) is 2. The van der Waals surface area contributed by atoms with Gasteiger partial charge in [0.2, 0.25) is 0 Å². The highest BCUT2D eigenvalue weighted by atomic mass is 35.5. The molecule has 96 valence electrons. The maximum Gasteiger partial charge on any atom is 0.165 e. The second-order valence-corrected chi connectivity index (χ2v) is 4.17. The van der Waals surface area contributed by atoms with Crippen molar-refractivity contribution in [2.45, 2.75) is 12.3 Å². The highest BCUT2D eigenvalue weighted by molar-refractivity contribution is 6.17. The van der Waals surface area contributed by atoms with Crippen LogP contribution in [0.3, 0.4) is 0 Å². The van der Waals surface area contributed by atoms with Crippen LogP contribution in [0.15, 0.2) is 30.5 Å². The standard InChI is InChI=1S/C13H14ClFN2O/c1-17-11(5-7-16-17)6-8-18-13-10(9-14)3-2-4-12(13)15/h2-5,7H,6,8-9H2,1H3. The summed E-state index contributed by atoms with van der Waals surface area (Å²) in [5.74, 6) is 0.103. The minimum Gasteiger partial charge on any atom is -0.490 e. The Hall–Kier alpha value is -1.55. The Morgan fingerprint density at radius 2 is 2.22 bits per heavy atom. The van der Waals surface area contributed by atoms with Crippen LogP contribution in [0.4, 0.5) is 4.39 Å². The van der Waals surface area contributed by atoms with Crippen molar-refractivity contribution in [2.24, 2.45) is 7.05 Å². The maximum absolute atomic E-state index is 13.6. The van der Waals surface area contributed by atoms with E-state index in [4.69, 9.17) is 16.3 Å². The van der Waals surface area contributed by atoms with Gasteiger partial charge in [-0.15, -0.1) is 11.6 Å². The molecule has 0 bridgehead atoms. The third kappa shape index (κ3) is 2.82. The Labute approximate surface area is 110 Å². The van der Waals surface area contributed by atoms with Gasteiger partial charge in [0.25, 0.3) is 0 Å². The number of alkyl halides is 1. The smallest absolute Gasteiger partial charge is 0.165 e. The molecule has 0 atom stereocenters. The monoisotopic (exact) mass is 268 g/mol. The van der Waals surface area contributed by atoms with E-state index in [2.05, 4.69) is 5.10 Å². The lowest BCUT2D eigenvalue weighted by atomic mass is 10.2. The molecular formula is C13H14ClFN2O. The van der Waals surface area contributed by atoms with E-state index in [0.717, 1.165) is 5.69 Å². The molecule has 1 heterocycles. The van der Waals surface area contributed by atoms with E-state index in [9.17, 15) is 4.39 Å². The maximum atomic E-state index is 13.6. The highest BCUT2D eigenvalue weighted by Crippen LogP contribution is 2.24. The van der Waals surface area contributed by atoms with Crippen LogP contribution in [0, 0.1) is 5.82 Å². The quantitative estimate of drug-likeness (QED) is 0.780. The molecule has 0 unspecified atom stereocenters. The Bertz CT molecular complexity index is 527. The highest BCUT2D eigenvalue weighted by Gasteiger charge is 2.09. The molecule has 1 aromatic carbocycles. The molecule has 0 aliphatic carbocycles. The summed E-state index contributed by atoms with van der Waals surface area (Å²) < 4.78 is 20.8. The second kappa shape index (κ2) is 5.87. The number of nitrogens with zero attached hydrogens (tertiary/aromatic N) is 2. The number of ether oxygens (including phenoxy) is 1. The summed E-state index contributed by atoms with van der Waals surface area (Å²) in [4.78, 5) is 0. The average molecular weight is 269 g/mol. The van der Waals surface area contributed by atoms with Gasteiger partial charge in [0.15, 0.2) is 11.6 Å². The molecule has 1 aromatic heterocycles. The van der Waals surface area contributed by atoms with Gasteiger partial charge in [0.05, 0.1) is 12.5 Å². The van der Waals surface area contributed by atoms with Gasteiger partial charge in [-0.2, -0.15) is 5.10 Å². The average Bonchev–Trinajstić information content (AvgIpc) is 2.77. The molecule has 2 rings (SSSR count). The Kier molecular flexibility index (Phi) is 4.20. The van der Waals surface area contributed by atoms with E-state index < -0.39 is 0 Å². The fraction of sp³-hybridized carbons (Fsp3) is 0.308. The summed E-state index contributed by atoms with van der Waals surface area (Å²) in [6.45, 7) is 0.393. The summed E-state index contributed by atoms with van der Waals surface area (Å²) in [6.07, 6.45) is 2.40. The van der Waals surface area contributed by atoms with Gasteiger partial charge in [0, 0.05) is 30.9 Å². The summed E-state index contributed by atoms with van der Waals surface area (Å²) in [5, 5.41) is 4.06. The largest absolute Gasteiger partial charge is 0.490 e. The lowest BCUT2D eigenvalue weighted by Gasteiger charge is -2.10. The molecule has 0 spiro atoms. The SMILES string of the molecule is Cn1nccc1CCOc1c(F)cccc1CCl. The normalized spacial score (nSPS) is 10.6. The van der Waals surface area contributed by atoms with Gasteiger partial charge in [-0.3, -0.25) is 4.68 Å². The number of hydrogen-bond donors (Lipinski definition) is 0. The van der Waals surface area contributed by atoms with Crippen molar-refractivity contribution in [1.29, 1.82) is 0 Å². The van der Waals surface area contributed by atoms with Gasteiger partial charge in [-0.25, -0.2) is 4.39 Å². The first-order valence-corrected chi connectivity index (χ1v) is 6.19. The Morgan fingerprint density at radius 1 is 1.39 bits per heavy atom. The number of halogens is 2. The third-order valence-corrected chi connectivity index (χ3v) is 3.01. The lowest BCUT2D eigenvalue weighted by molar-refractivity contribution is 0.300. The summed E-state index contributed by atoms with van der Waals surface area (Å²) in [7, 11) is 1.86. The molecule has 0 radical (unpaired) electrons. The first-order chi connectivity index (χ1) is 8.72. The fourth-order valence-electron chi connectivity index (χ4n) is 1.72. The molecule has 0 N–H and O–H groups in total. The van der Waals surface area contributed by atoms with Crippen molar-refractivity contribution >= 4 is 11.6 Å².